The van der Waals surface area contributed by atoms with Crippen molar-refractivity contribution in [1.29, 1.82) is 0 Å². The molecule has 5 heteroatoms. The first-order valence-electron chi connectivity index (χ1n) is 5.04. The van der Waals surface area contributed by atoms with E-state index in [4.69, 9.17) is 0 Å². The first-order valence-corrected chi connectivity index (χ1v) is 5.04. The predicted molar refractivity (Wildman–Crippen MR) is 58.7 cm³/mol. The summed E-state index contributed by atoms with van der Waals surface area (Å²) in [5.74, 6) is 0.563. The Morgan fingerprint density at radius 2 is 2.38 bits per heavy atom. The summed E-state index contributed by atoms with van der Waals surface area (Å²) in [6.45, 7) is 0. The largest absolute Gasteiger partial charge is 0.469 e. The minimum atomic E-state index is -0.224. The fourth-order valence-electron chi connectivity index (χ4n) is 1.45. The van der Waals surface area contributed by atoms with E-state index >= 15 is 0 Å². The van der Waals surface area contributed by atoms with Crippen LogP contribution in [0.2, 0.25) is 0 Å². The molecular weight excluding hydrogens is 206 g/mol. The number of esters is 1. The van der Waals surface area contributed by atoms with Gasteiger partial charge in [-0.25, -0.2) is 4.98 Å². The maximum atomic E-state index is 11.0. The van der Waals surface area contributed by atoms with E-state index in [2.05, 4.69) is 19.7 Å². The smallest absolute Gasteiger partial charge is 0.305 e. The van der Waals surface area contributed by atoms with Gasteiger partial charge < -0.3 is 14.7 Å². The summed E-state index contributed by atoms with van der Waals surface area (Å²) in [6, 6.07) is 3.88. The SMILES string of the molecule is COC(=O)CCc1ncc(-c2ccc[nH]2)[nH]1. The molecule has 84 valence electrons. The number of H-pyrrole nitrogens is 2. The Morgan fingerprint density at radius 1 is 1.50 bits per heavy atom. The first-order chi connectivity index (χ1) is 7.79. The summed E-state index contributed by atoms with van der Waals surface area (Å²) in [5.41, 5.74) is 1.90. The molecule has 0 bridgehead atoms. The lowest BCUT2D eigenvalue weighted by atomic mass is 10.3. The second-order valence-corrected chi connectivity index (χ2v) is 3.40. The number of ether oxygens (including phenoxy) is 1. The molecule has 0 radical (unpaired) electrons. The van der Waals surface area contributed by atoms with Crippen molar-refractivity contribution in [2.45, 2.75) is 12.8 Å². The molecule has 0 aliphatic rings. The lowest BCUT2D eigenvalue weighted by molar-refractivity contribution is -0.140. The van der Waals surface area contributed by atoms with E-state index in [1.54, 1.807) is 6.20 Å². The van der Waals surface area contributed by atoms with Crippen molar-refractivity contribution < 1.29 is 9.53 Å². The van der Waals surface area contributed by atoms with Gasteiger partial charge in [-0.2, -0.15) is 0 Å². The van der Waals surface area contributed by atoms with E-state index < -0.39 is 0 Å². The molecule has 2 N–H and O–H groups in total. The van der Waals surface area contributed by atoms with Crippen LogP contribution in [0, 0.1) is 0 Å². The van der Waals surface area contributed by atoms with Gasteiger partial charge in [0.15, 0.2) is 0 Å². The molecule has 5 nitrogen and oxygen atoms in total. The number of hydrogen-bond acceptors (Lipinski definition) is 3. The van der Waals surface area contributed by atoms with Crippen molar-refractivity contribution in [3.63, 3.8) is 0 Å². The molecule has 0 amide bonds. The number of rotatable bonds is 4. The minimum absolute atomic E-state index is 0.224. The minimum Gasteiger partial charge on any atom is -0.469 e. The molecule has 0 saturated heterocycles. The summed E-state index contributed by atoms with van der Waals surface area (Å²) >= 11 is 0. The Morgan fingerprint density at radius 3 is 3.06 bits per heavy atom. The van der Waals surface area contributed by atoms with Crippen molar-refractivity contribution in [3.8, 4) is 11.4 Å². The molecule has 0 saturated carbocycles. The van der Waals surface area contributed by atoms with Crippen LogP contribution in [0.3, 0.4) is 0 Å². The molecule has 2 aromatic rings. The third-order valence-electron chi connectivity index (χ3n) is 2.31. The van der Waals surface area contributed by atoms with Gasteiger partial charge in [0.05, 0.1) is 31.1 Å². The molecule has 0 unspecified atom stereocenters. The van der Waals surface area contributed by atoms with Crippen LogP contribution in [-0.2, 0) is 16.0 Å². The van der Waals surface area contributed by atoms with E-state index in [0.29, 0.717) is 12.8 Å². The molecule has 0 aliphatic carbocycles. The van der Waals surface area contributed by atoms with E-state index in [0.717, 1.165) is 17.2 Å². The maximum Gasteiger partial charge on any atom is 0.305 e. The molecule has 0 spiro atoms. The number of aryl methyl sites for hydroxylation is 1. The number of aromatic nitrogens is 3. The number of methoxy groups -OCH3 is 1. The third kappa shape index (κ3) is 2.31. The molecule has 0 aliphatic heterocycles. The number of nitrogens with zero attached hydrogens (tertiary/aromatic N) is 1. The lowest BCUT2D eigenvalue weighted by Gasteiger charge is -1.96. The van der Waals surface area contributed by atoms with E-state index in [1.165, 1.54) is 7.11 Å². The second kappa shape index (κ2) is 4.65. The van der Waals surface area contributed by atoms with Crippen LogP contribution >= 0.6 is 0 Å². The topological polar surface area (TPSA) is 70.8 Å². The molecule has 16 heavy (non-hydrogen) atoms. The zero-order valence-corrected chi connectivity index (χ0v) is 8.99. The Bertz CT molecular complexity index is 459. The maximum absolute atomic E-state index is 11.0. The van der Waals surface area contributed by atoms with E-state index in [9.17, 15) is 4.79 Å². The molecule has 0 aromatic carbocycles. The summed E-state index contributed by atoms with van der Waals surface area (Å²) in [7, 11) is 1.38. The van der Waals surface area contributed by atoms with Gasteiger partial charge in [0.1, 0.15) is 5.82 Å². The van der Waals surface area contributed by atoms with E-state index in [-0.39, 0.29) is 5.97 Å². The van der Waals surface area contributed by atoms with Crippen LogP contribution in [0.5, 0.6) is 0 Å². The van der Waals surface area contributed by atoms with Crippen LogP contribution < -0.4 is 0 Å². The van der Waals surface area contributed by atoms with Gasteiger partial charge in [-0.1, -0.05) is 0 Å². The Kier molecular flexibility index (Phi) is 3.05. The number of carbonyl (C=O) groups is 1. The zero-order chi connectivity index (χ0) is 11.4. The Balaban J connectivity index is 2.00. The lowest BCUT2D eigenvalue weighted by Crippen LogP contribution is -2.02. The average molecular weight is 219 g/mol. The highest BCUT2D eigenvalue weighted by molar-refractivity contribution is 5.69. The number of imidazole rings is 1. The monoisotopic (exact) mass is 219 g/mol. The molecule has 2 aromatic heterocycles. The van der Waals surface area contributed by atoms with Crippen molar-refractivity contribution in [2.75, 3.05) is 7.11 Å². The van der Waals surface area contributed by atoms with Crippen molar-refractivity contribution in [1.82, 2.24) is 15.0 Å². The van der Waals surface area contributed by atoms with E-state index in [1.807, 2.05) is 18.3 Å². The average Bonchev–Trinajstić information content (AvgIpc) is 2.95. The quantitative estimate of drug-likeness (QED) is 0.766. The number of carbonyl (C=O) groups excluding carboxylic acids is 1. The predicted octanol–water partition coefficient (Wildman–Crippen LogP) is 1.51. The second-order valence-electron chi connectivity index (χ2n) is 3.40. The Labute approximate surface area is 92.9 Å². The van der Waals surface area contributed by atoms with Gasteiger partial charge in [0, 0.05) is 12.6 Å². The Hall–Kier alpha value is -2.04. The molecule has 0 atom stereocenters. The first kappa shape index (κ1) is 10.5. The van der Waals surface area contributed by atoms with Crippen LogP contribution in [0.4, 0.5) is 0 Å². The van der Waals surface area contributed by atoms with Gasteiger partial charge in [0.2, 0.25) is 0 Å². The number of hydrogen-bond donors (Lipinski definition) is 2. The van der Waals surface area contributed by atoms with Gasteiger partial charge in [-0.15, -0.1) is 0 Å². The highest BCUT2D eigenvalue weighted by atomic mass is 16.5. The number of aromatic amines is 2. The van der Waals surface area contributed by atoms with Gasteiger partial charge in [-0.3, -0.25) is 4.79 Å². The summed E-state index contributed by atoms with van der Waals surface area (Å²) < 4.78 is 4.56. The van der Waals surface area contributed by atoms with Gasteiger partial charge >= 0.3 is 5.97 Å². The molecular formula is C11H13N3O2. The van der Waals surface area contributed by atoms with Gasteiger partial charge in [-0.05, 0) is 12.1 Å². The van der Waals surface area contributed by atoms with Crippen molar-refractivity contribution in [3.05, 3.63) is 30.4 Å². The summed E-state index contributed by atoms with van der Waals surface area (Å²) in [4.78, 5) is 21.4. The fraction of sp³-hybridized carbons (Fsp3) is 0.273. The zero-order valence-electron chi connectivity index (χ0n) is 8.99. The van der Waals surface area contributed by atoms with Crippen molar-refractivity contribution in [2.24, 2.45) is 0 Å². The molecule has 0 fully saturated rings. The summed E-state index contributed by atoms with van der Waals surface area (Å²) in [5, 5.41) is 0. The van der Waals surface area contributed by atoms with Crippen LogP contribution in [0.1, 0.15) is 12.2 Å². The van der Waals surface area contributed by atoms with Crippen molar-refractivity contribution >= 4 is 5.97 Å². The summed E-state index contributed by atoms with van der Waals surface area (Å²) in [6.07, 6.45) is 4.50. The standard InChI is InChI=1S/C11H13N3O2/c1-16-11(15)5-4-10-13-7-9(14-10)8-3-2-6-12-8/h2-3,6-7,12H,4-5H2,1H3,(H,13,14). The molecule has 2 rings (SSSR count). The van der Waals surface area contributed by atoms with Crippen LogP contribution in [0.25, 0.3) is 11.4 Å². The van der Waals surface area contributed by atoms with Gasteiger partial charge in [0.25, 0.3) is 0 Å². The van der Waals surface area contributed by atoms with Crippen LogP contribution in [-0.4, -0.2) is 28.0 Å². The highest BCUT2D eigenvalue weighted by Crippen LogP contribution is 2.14. The molecule has 2 heterocycles. The van der Waals surface area contributed by atoms with Crippen LogP contribution in [0.15, 0.2) is 24.5 Å². The number of nitrogens with one attached hydrogen (secondary N) is 2. The third-order valence-corrected chi connectivity index (χ3v) is 2.31. The fourth-order valence-corrected chi connectivity index (χ4v) is 1.45. The highest BCUT2D eigenvalue weighted by Gasteiger charge is 2.06. The normalized spacial score (nSPS) is 10.3.